The first-order valence-electron chi connectivity index (χ1n) is 6.44. The van der Waals surface area contributed by atoms with Crippen LogP contribution in [0.15, 0.2) is 30.6 Å². The Labute approximate surface area is 122 Å². The van der Waals surface area contributed by atoms with Crippen LogP contribution in [0.4, 0.5) is 11.4 Å². The summed E-state index contributed by atoms with van der Waals surface area (Å²) in [4.78, 5) is 31.1. The molecular weight excluding hydrogens is 268 g/mol. The Hall–Kier alpha value is -2.76. The zero-order valence-corrected chi connectivity index (χ0v) is 12.1. The van der Waals surface area contributed by atoms with Crippen molar-refractivity contribution in [2.75, 3.05) is 10.6 Å². The van der Waals surface area contributed by atoms with Crippen LogP contribution in [0.25, 0.3) is 0 Å². The second-order valence-electron chi connectivity index (χ2n) is 4.71. The van der Waals surface area contributed by atoms with Crippen LogP contribution >= 0.6 is 0 Å². The van der Waals surface area contributed by atoms with Crippen LogP contribution < -0.4 is 10.6 Å². The summed E-state index contributed by atoms with van der Waals surface area (Å²) >= 11 is 0. The van der Waals surface area contributed by atoms with E-state index < -0.39 is 0 Å². The Bertz CT molecular complexity index is 681. The first-order chi connectivity index (χ1) is 9.95. The van der Waals surface area contributed by atoms with Gasteiger partial charge in [0.05, 0.1) is 11.9 Å². The maximum Gasteiger partial charge on any atom is 0.275 e. The number of carbonyl (C=O) groups excluding carboxylic acids is 2. The van der Waals surface area contributed by atoms with Crippen molar-refractivity contribution in [2.45, 2.75) is 20.8 Å². The van der Waals surface area contributed by atoms with Gasteiger partial charge in [0.2, 0.25) is 5.91 Å². The fourth-order valence-electron chi connectivity index (χ4n) is 1.78. The normalized spacial score (nSPS) is 10.0. The molecule has 0 spiro atoms. The number of anilines is 2. The summed E-state index contributed by atoms with van der Waals surface area (Å²) in [5.41, 5.74) is 3.22. The Morgan fingerprint density at radius 1 is 1.05 bits per heavy atom. The molecule has 2 amide bonds. The van der Waals surface area contributed by atoms with Crippen LogP contribution in [0.1, 0.15) is 28.7 Å². The molecule has 0 aliphatic rings. The zero-order valence-electron chi connectivity index (χ0n) is 12.1. The van der Waals surface area contributed by atoms with Crippen LogP contribution in [0, 0.1) is 13.8 Å². The average molecular weight is 284 g/mol. The third-order valence-corrected chi connectivity index (χ3v) is 2.81. The molecule has 0 saturated carbocycles. The van der Waals surface area contributed by atoms with Crippen molar-refractivity contribution in [3.05, 3.63) is 47.5 Å². The van der Waals surface area contributed by atoms with E-state index >= 15 is 0 Å². The van der Waals surface area contributed by atoms with Crippen LogP contribution in [0.3, 0.4) is 0 Å². The molecule has 0 saturated heterocycles. The van der Waals surface area contributed by atoms with Gasteiger partial charge in [0.1, 0.15) is 5.69 Å². The molecule has 0 bridgehead atoms. The van der Waals surface area contributed by atoms with Crippen molar-refractivity contribution in [1.29, 1.82) is 0 Å². The Morgan fingerprint density at radius 2 is 1.81 bits per heavy atom. The molecule has 0 fully saturated rings. The molecule has 2 aromatic rings. The van der Waals surface area contributed by atoms with Gasteiger partial charge < -0.3 is 10.6 Å². The van der Waals surface area contributed by atoms with E-state index in [0.717, 1.165) is 16.9 Å². The van der Waals surface area contributed by atoms with Gasteiger partial charge >= 0.3 is 0 Å². The van der Waals surface area contributed by atoms with Crippen molar-refractivity contribution in [1.82, 2.24) is 9.97 Å². The number of aromatic nitrogens is 2. The van der Waals surface area contributed by atoms with Crippen molar-refractivity contribution >= 4 is 23.2 Å². The van der Waals surface area contributed by atoms with E-state index in [4.69, 9.17) is 0 Å². The molecule has 21 heavy (non-hydrogen) atoms. The van der Waals surface area contributed by atoms with Gasteiger partial charge in [-0.15, -0.1) is 0 Å². The molecule has 0 aliphatic heterocycles. The molecule has 6 heteroatoms. The topological polar surface area (TPSA) is 84.0 Å². The maximum absolute atomic E-state index is 12.0. The fraction of sp³-hybridized carbons (Fsp3) is 0.200. The van der Waals surface area contributed by atoms with E-state index in [1.807, 2.05) is 6.92 Å². The van der Waals surface area contributed by atoms with E-state index in [0.29, 0.717) is 5.69 Å². The summed E-state index contributed by atoms with van der Waals surface area (Å²) < 4.78 is 0. The van der Waals surface area contributed by atoms with Crippen molar-refractivity contribution in [3.63, 3.8) is 0 Å². The molecule has 2 N–H and O–H groups in total. The second kappa shape index (κ2) is 6.13. The summed E-state index contributed by atoms with van der Waals surface area (Å²) in [7, 11) is 0. The molecule has 0 radical (unpaired) electrons. The molecule has 0 atom stereocenters. The highest BCUT2D eigenvalue weighted by Crippen LogP contribution is 2.20. The molecule has 1 heterocycles. The number of nitrogens with zero attached hydrogens (tertiary/aromatic N) is 2. The quantitative estimate of drug-likeness (QED) is 0.905. The zero-order chi connectivity index (χ0) is 15.4. The third kappa shape index (κ3) is 3.85. The molecule has 108 valence electrons. The number of nitrogens with one attached hydrogen (secondary N) is 2. The summed E-state index contributed by atoms with van der Waals surface area (Å²) in [6.45, 7) is 5.11. The van der Waals surface area contributed by atoms with Gasteiger partial charge in [-0.1, -0.05) is 0 Å². The van der Waals surface area contributed by atoms with Crippen LogP contribution in [0.5, 0.6) is 0 Å². The number of aryl methyl sites for hydroxylation is 2. The van der Waals surface area contributed by atoms with Gasteiger partial charge in [0.25, 0.3) is 5.91 Å². The number of hydrogen-bond donors (Lipinski definition) is 2. The molecule has 0 aliphatic carbocycles. The van der Waals surface area contributed by atoms with Gasteiger partial charge in [-0.3, -0.25) is 14.6 Å². The molecule has 6 nitrogen and oxygen atoms in total. The first kappa shape index (κ1) is 14.6. The average Bonchev–Trinajstić information content (AvgIpc) is 2.42. The first-order valence-corrected chi connectivity index (χ1v) is 6.44. The monoisotopic (exact) mass is 284 g/mol. The van der Waals surface area contributed by atoms with E-state index in [9.17, 15) is 9.59 Å². The Kier molecular flexibility index (Phi) is 4.27. The maximum atomic E-state index is 12.0. The highest BCUT2D eigenvalue weighted by atomic mass is 16.2. The van der Waals surface area contributed by atoms with Crippen LogP contribution in [-0.4, -0.2) is 21.8 Å². The van der Waals surface area contributed by atoms with Gasteiger partial charge in [0.15, 0.2) is 0 Å². The van der Waals surface area contributed by atoms with Gasteiger partial charge in [-0.05, 0) is 37.6 Å². The standard InChI is InChI=1S/C15H16N4O2/c1-9-6-12(4-5-13(9)18-11(3)20)19-15(21)14-8-16-10(2)7-17-14/h4-8H,1-3H3,(H,18,20)(H,19,21). The Balaban J connectivity index is 2.12. The lowest BCUT2D eigenvalue weighted by Gasteiger charge is -2.10. The van der Waals surface area contributed by atoms with Gasteiger partial charge in [-0.2, -0.15) is 0 Å². The Morgan fingerprint density at radius 3 is 2.38 bits per heavy atom. The number of rotatable bonds is 3. The summed E-state index contributed by atoms with van der Waals surface area (Å²) in [6.07, 6.45) is 2.98. The predicted molar refractivity (Wildman–Crippen MR) is 80.2 cm³/mol. The number of amides is 2. The number of hydrogen-bond acceptors (Lipinski definition) is 4. The summed E-state index contributed by atoms with van der Waals surface area (Å²) in [5.74, 6) is -0.459. The van der Waals surface area contributed by atoms with E-state index in [-0.39, 0.29) is 17.5 Å². The molecule has 0 unspecified atom stereocenters. The molecule has 1 aromatic carbocycles. The van der Waals surface area contributed by atoms with Crippen LogP contribution in [-0.2, 0) is 4.79 Å². The van der Waals surface area contributed by atoms with Crippen molar-refractivity contribution in [2.24, 2.45) is 0 Å². The molecular formula is C15H16N4O2. The lowest BCUT2D eigenvalue weighted by atomic mass is 10.1. The molecule has 2 rings (SSSR count). The summed E-state index contributed by atoms with van der Waals surface area (Å²) in [6, 6.07) is 5.25. The van der Waals surface area contributed by atoms with Gasteiger partial charge in [0, 0.05) is 24.5 Å². The minimum Gasteiger partial charge on any atom is -0.326 e. The summed E-state index contributed by atoms with van der Waals surface area (Å²) in [5, 5.41) is 5.46. The number of benzene rings is 1. The van der Waals surface area contributed by atoms with Crippen molar-refractivity contribution < 1.29 is 9.59 Å². The van der Waals surface area contributed by atoms with E-state index in [2.05, 4.69) is 20.6 Å². The lowest BCUT2D eigenvalue weighted by molar-refractivity contribution is -0.114. The largest absolute Gasteiger partial charge is 0.326 e. The third-order valence-electron chi connectivity index (χ3n) is 2.81. The number of carbonyl (C=O) groups is 2. The molecule has 1 aromatic heterocycles. The van der Waals surface area contributed by atoms with E-state index in [1.165, 1.54) is 13.1 Å². The van der Waals surface area contributed by atoms with Crippen molar-refractivity contribution in [3.8, 4) is 0 Å². The fourth-order valence-corrected chi connectivity index (χ4v) is 1.78. The highest BCUT2D eigenvalue weighted by Gasteiger charge is 2.09. The SMILES string of the molecule is CC(=O)Nc1ccc(NC(=O)c2cnc(C)cn2)cc1C. The van der Waals surface area contributed by atoms with E-state index in [1.54, 1.807) is 31.3 Å². The minimum absolute atomic E-state index is 0.134. The smallest absolute Gasteiger partial charge is 0.275 e. The van der Waals surface area contributed by atoms with Gasteiger partial charge in [-0.25, -0.2) is 4.98 Å². The minimum atomic E-state index is -0.325. The predicted octanol–water partition coefficient (Wildman–Crippen LogP) is 2.30. The highest BCUT2D eigenvalue weighted by molar-refractivity contribution is 6.03. The second-order valence-corrected chi connectivity index (χ2v) is 4.71. The van der Waals surface area contributed by atoms with Crippen LogP contribution in [0.2, 0.25) is 0 Å². The lowest BCUT2D eigenvalue weighted by Crippen LogP contribution is -2.14.